The molecule has 0 bridgehead atoms. The van der Waals surface area contributed by atoms with Crippen molar-refractivity contribution in [2.24, 2.45) is 0 Å². The number of ether oxygens (including phenoxy) is 1. The lowest BCUT2D eigenvalue weighted by atomic mass is 10.1. The Kier molecular flexibility index (Phi) is 6.69. The van der Waals surface area contributed by atoms with Crippen LogP contribution in [-0.2, 0) is 16.0 Å². The van der Waals surface area contributed by atoms with Crippen molar-refractivity contribution in [2.75, 3.05) is 12.9 Å². The van der Waals surface area contributed by atoms with Crippen LogP contribution in [0.5, 0.6) is 5.75 Å². The number of hydrazine groups is 1. The fraction of sp³-hybridized carbons (Fsp3) is 0.222. The van der Waals surface area contributed by atoms with Crippen LogP contribution in [0.15, 0.2) is 53.4 Å². The van der Waals surface area contributed by atoms with Gasteiger partial charge in [-0.05, 0) is 25.1 Å². The van der Waals surface area contributed by atoms with E-state index >= 15 is 0 Å². The number of benzene rings is 2. The molecule has 2 amide bonds. The summed E-state index contributed by atoms with van der Waals surface area (Å²) >= 11 is 1.42. The Labute approximate surface area is 145 Å². The molecule has 0 atom stereocenters. The van der Waals surface area contributed by atoms with Crippen LogP contribution in [0, 0.1) is 6.92 Å². The molecule has 0 fully saturated rings. The zero-order chi connectivity index (χ0) is 17.4. The van der Waals surface area contributed by atoms with Crippen LogP contribution in [0.3, 0.4) is 0 Å². The fourth-order valence-electron chi connectivity index (χ4n) is 2.03. The number of methoxy groups -OCH3 is 1. The van der Waals surface area contributed by atoms with Gasteiger partial charge in [0.2, 0.25) is 11.8 Å². The van der Waals surface area contributed by atoms with E-state index in [4.69, 9.17) is 4.74 Å². The van der Waals surface area contributed by atoms with E-state index in [2.05, 4.69) is 10.9 Å². The summed E-state index contributed by atoms with van der Waals surface area (Å²) < 4.78 is 5.20. The second-order valence-corrected chi connectivity index (χ2v) is 6.24. The van der Waals surface area contributed by atoms with Gasteiger partial charge in [0.05, 0.1) is 19.3 Å². The monoisotopic (exact) mass is 344 g/mol. The lowest BCUT2D eigenvalue weighted by molar-refractivity contribution is -0.127. The minimum absolute atomic E-state index is 0.134. The maximum atomic E-state index is 11.9. The predicted molar refractivity (Wildman–Crippen MR) is 94.9 cm³/mol. The van der Waals surface area contributed by atoms with Crippen LogP contribution < -0.4 is 15.6 Å². The molecular formula is C18H20N2O3S. The second kappa shape index (κ2) is 8.98. The number of carbonyl (C=O) groups excluding carboxylic acids is 2. The highest BCUT2D eigenvalue weighted by Crippen LogP contribution is 2.18. The average Bonchev–Trinajstić information content (AvgIpc) is 2.60. The van der Waals surface area contributed by atoms with E-state index in [1.165, 1.54) is 17.3 Å². The maximum absolute atomic E-state index is 11.9. The molecule has 0 heterocycles. The van der Waals surface area contributed by atoms with Crippen molar-refractivity contribution < 1.29 is 14.3 Å². The number of nitrogens with one attached hydrogen (secondary N) is 2. The number of rotatable bonds is 6. The van der Waals surface area contributed by atoms with Gasteiger partial charge in [0.1, 0.15) is 5.75 Å². The Hall–Kier alpha value is -2.47. The van der Waals surface area contributed by atoms with Crippen LogP contribution in [0.25, 0.3) is 0 Å². The van der Waals surface area contributed by atoms with Crippen molar-refractivity contribution in [3.8, 4) is 5.75 Å². The molecule has 0 saturated heterocycles. The SMILES string of the molecule is COc1ccccc1CC(=O)NNC(=O)CSc1ccc(C)cc1. The van der Waals surface area contributed by atoms with Crippen LogP contribution in [-0.4, -0.2) is 24.7 Å². The fourth-order valence-corrected chi connectivity index (χ4v) is 2.72. The van der Waals surface area contributed by atoms with Gasteiger partial charge in [0.15, 0.2) is 0 Å². The van der Waals surface area contributed by atoms with Gasteiger partial charge < -0.3 is 4.74 Å². The molecule has 2 aromatic carbocycles. The Bertz CT molecular complexity index is 702. The van der Waals surface area contributed by atoms with E-state index in [0.29, 0.717) is 5.75 Å². The third-order valence-electron chi connectivity index (χ3n) is 3.28. The Morgan fingerprint density at radius 2 is 1.67 bits per heavy atom. The van der Waals surface area contributed by atoms with Gasteiger partial charge in [-0.15, -0.1) is 11.8 Å². The topological polar surface area (TPSA) is 67.4 Å². The van der Waals surface area contributed by atoms with Crippen LogP contribution >= 0.6 is 11.8 Å². The molecule has 2 rings (SSSR count). The number of thioether (sulfide) groups is 1. The zero-order valence-corrected chi connectivity index (χ0v) is 14.5. The Morgan fingerprint density at radius 3 is 2.38 bits per heavy atom. The first-order valence-corrected chi connectivity index (χ1v) is 8.46. The van der Waals surface area contributed by atoms with E-state index in [1.807, 2.05) is 49.4 Å². The van der Waals surface area contributed by atoms with Crippen LogP contribution in [0.4, 0.5) is 0 Å². The summed E-state index contributed by atoms with van der Waals surface area (Å²) in [5.41, 5.74) is 6.78. The molecule has 5 nitrogen and oxygen atoms in total. The smallest absolute Gasteiger partial charge is 0.248 e. The van der Waals surface area contributed by atoms with Crippen LogP contribution in [0.1, 0.15) is 11.1 Å². The van der Waals surface area contributed by atoms with Gasteiger partial charge in [-0.2, -0.15) is 0 Å². The van der Waals surface area contributed by atoms with Gasteiger partial charge in [0.25, 0.3) is 0 Å². The molecule has 126 valence electrons. The van der Waals surface area contributed by atoms with Crippen molar-refractivity contribution in [2.45, 2.75) is 18.2 Å². The third kappa shape index (κ3) is 5.62. The molecule has 0 aliphatic rings. The summed E-state index contributed by atoms with van der Waals surface area (Å²) in [7, 11) is 1.56. The third-order valence-corrected chi connectivity index (χ3v) is 4.29. The summed E-state index contributed by atoms with van der Waals surface area (Å²) in [4.78, 5) is 24.7. The second-order valence-electron chi connectivity index (χ2n) is 5.19. The molecule has 2 aromatic rings. The Morgan fingerprint density at radius 1 is 1.00 bits per heavy atom. The van der Waals surface area contributed by atoms with Gasteiger partial charge in [-0.3, -0.25) is 20.4 Å². The molecule has 0 aliphatic heterocycles. The maximum Gasteiger partial charge on any atom is 0.248 e. The van der Waals surface area contributed by atoms with Gasteiger partial charge in [-0.25, -0.2) is 0 Å². The minimum atomic E-state index is -0.298. The summed E-state index contributed by atoms with van der Waals surface area (Å²) in [5.74, 6) is 0.328. The highest BCUT2D eigenvalue weighted by atomic mass is 32.2. The van der Waals surface area contributed by atoms with E-state index < -0.39 is 0 Å². The van der Waals surface area contributed by atoms with E-state index in [0.717, 1.165) is 10.5 Å². The highest BCUT2D eigenvalue weighted by Gasteiger charge is 2.09. The first kappa shape index (κ1) is 17.9. The molecule has 24 heavy (non-hydrogen) atoms. The van der Waals surface area contributed by atoms with Gasteiger partial charge >= 0.3 is 0 Å². The Balaban J connectivity index is 1.74. The standard InChI is InChI=1S/C18H20N2O3S/c1-13-7-9-15(10-8-13)24-12-18(22)20-19-17(21)11-14-5-3-4-6-16(14)23-2/h3-10H,11-12H2,1-2H3,(H,19,21)(H,20,22). The van der Waals surface area contributed by atoms with E-state index in [-0.39, 0.29) is 24.0 Å². The van der Waals surface area contributed by atoms with E-state index in [1.54, 1.807) is 13.2 Å². The van der Waals surface area contributed by atoms with Crippen molar-refractivity contribution >= 4 is 23.6 Å². The first-order valence-electron chi connectivity index (χ1n) is 7.47. The summed E-state index contributed by atoms with van der Waals surface area (Å²) in [5, 5.41) is 0. The lowest BCUT2D eigenvalue weighted by Crippen LogP contribution is -2.43. The molecule has 2 N–H and O–H groups in total. The molecule has 6 heteroatoms. The largest absolute Gasteiger partial charge is 0.496 e. The van der Waals surface area contributed by atoms with Crippen molar-refractivity contribution in [3.63, 3.8) is 0 Å². The number of carbonyl (C=O) groups is 2. The lowest BCUT2D eigenvalue weighted by Gasteiger charge is -2.10. The van der Waals surface area contributed by atoms with E-state index in [9.17, 15) is 9.59 Å². The minimum Gasteiger partial charge on any atom is -0.496 e. The number of hydrogen-bond donors (Lipinski definition) is 2. The predicted octanol–water partition coefficient (Wildman–Crippen LogP) is 2.49. The zero-order valence-electron chi connectivity index (χ0n) is 13.7. The molecule has 0 spiro atoms. The number of hydrogen-bond acceptors (Lipinski definition) is 4. The van der Waals surface area contributed by atoms with Crippen molar-refractivity contribution in [1.82, 2.24) is 10.9 Å². The molecular weight excluding hydrogens is 324 g/mol. The summed E-state index contributed by atoms with van der Waals surface area (Å²) in [6.45, 7) is 2.01. The van der Waals surface area contributed by atoms with Crippen molar-refractivity contribution in [1.29, 1.82) is 0 Å². The molecule has 0 aromatic heterocycles. The summed E-state index contributed by atoms with van der Waals surface area (Å²) in [6, 6.07) is 15.2. The molecule has 0 aliphatic carbocycles. The highest BCUT2D eigenvalue weighted by molar-refractivity contribution is 8.00. The summed E-state index contributed by atoms with van der Waals surface area (Å²) in [6.07, 6.45) is 0.134. The molecule has 0 unspecified atom stereocenters. The van der Waals surface area contributed by atoms with Crippen molar-refractivity contribution in [3.05, 3.63) is 59.7 Å². The van der Waals surface area contributed by atoms with Gasteiger partial charge in [-0.1, -0.05) is 35.9 Å². The molecule has 0 radical (unpaired) electrons. The quantitative estimate of drug-likeness (QED) is 0.624. The van der Waals surface area contributed by atoms with Gasteiger partial charge in [0, 0.05) is 10.5 Å². The average molecular weight is 344 g/mol. The normalized spacial score (nSPS) is 10.1. The first-order chi connectivity index (χ1) is 11.6. The van der Waals surface area contributed by atoms with Crippen LogP contribution in [0.2, 0.25) is 0 Å². The number of para-hydroxylation sites is 1. The molecule has 0 saturated carbocycles. The number of amides is 2. The number of aryl methyl sites for hydroxylation is 1.